The third-order valence-electron chi connectivity index (χ3n) is 4.07. The zero-order valence-corrected chi connectivity index (χ0v) is 11.8. The summed E-state index contributed by atoms with van der Waals surface area (Å²) in [5, 5.41) is 15.5. The van der Waals surface area contributed by atoms with Crippen LogP contribution in [0.1, 0.15) is 34.7 Å². The van der Waals surface area contributed by atoms with Crippen molar-refractivity contribution in [1.82, 2.24) is 5.32 Å². The number of oxime groups is 1. The van der Waals surface area contributed by atoms with E-state index in [0.29, 0.717) is 12.6 Å². The maximum atomic E-state index is 8.87. The number of fused-ring (bicyclic) bond motifs is 1. The number of rotatable bonds is 4. The van der Waals surface area contributed by atoms with Gasteiger partial charge in [-0.2, -0.15) is 0 Å². The monoisotopic (exact) mass is 281 g/mol. The molecule has 0 aliphatic heterocycles. The average molecular weight is 281 g/mol. The van der Waals surface area contributed by atoms with Crippen molar-refractivity contribution in [1.29, 1.82) is 0 Å². The zero-order valence-electron chi connectivity index (χ0n) is 11.8. The molecule has 0 saturated carbocycles. The van der Waals surface area contributed by atoms with Crippen LogP contribution < -0.4 is 11.1 Å². The van der Waals surface area contributed by atoms with Crippen molar-refractivity contribution in [3.63, 3.8) is 0 Å². The normalized spacial score (nSPS) is 17.7. The van der Waals surface area contributed by atoms with Gasteiger partial charge >= 0.3 is 0 Å². The van der Waals surface area contributed by atoms with E-state index in [2.05, 4.69) is 34.7 Å². The molecule has 1 aliphatic carbocycles. The summed E-state index contributed by atoms with van der Waals surface area (Å²) < 4.78 is 0. The van der Waals surface area contributed by atoms with Crippen LogP contribution in [-0.2, 0) is 13.0 Å². The van der Waals surface area contributed by atoms with E-state index in [1.807, 2.05) is 24.3 Å². The Bertz CT molecular complexity index is 667. The summed E-state index contributed by atoms with van der Waals surface area (Å²) in [4.78, 5) is 0. The number of nitrogens with two attached hydrogens (primary N) is 1. The molecule has 0 radical (unpaired) electrons. The molecule has 4 nitrogen and oxygen atoms in total. The molecule has 1 unspecified atom stereocenters. The minimum absolute atomic E-state index is 0.152. The highest BCUT2D eigenvalue weighted by Crippen LogP contribution is 2.30. The maximum absolute atomic E-state index is 8.87. The van der Waals surface area contributed by atoms with Crippen molar-refractivity contribution in [2.45, 2.75) is 25.4 Å². The molecule has 0 heterocycles. The van der Waals surface area contributed by atoms with Gasteiger partial charge in [0.15, 0.2) is 5.84 Å². The van der Waals surface area contributed by atoms with Crippen molar-refractivity contribution in [2.75, 3.05) is 0 Å². The predicted octanol–water partition coefficient (Wildman–Crippen LogP) is 2.56. The second-order valence-corrected chi connectivity index (χ2v) is 5.31. The van der Waals surface area contributed by atoms with Gasteiger partial charge in [-0.1, -0.05) is 53.7 Å². The third kappa shape index (κ3) is 2.76. The minimum Gasteiger partial charge on any atom is -0.409 e. The van der Waals surface area contributed by atoms with Crippen molar-refractivity contribution >= 4 is 5.84 Å². The van der Waals surface area contributed by atoms with Crippen LogP contribution >= 0.6 is 0 Å². The van der Waals surface area contributed by atoms with Crippen LogP contribution in [0, 0.1) is 0 Å². The Morgan fingerprint density at radius 3 is 2.81 bits per heavy atom. The lowest BCUT2D eigenvalue weighted by molar-refractivity contribution is 0.318. The van der Waals surface area contributed by atoms with E-state index < -0.39 is 0 Å². The minimum atomic E-state index is 0.152. The molecule has 3 rings (SSSR count). The first-order chi connectivity index (χ1) is 10.3. The van der Waals surface area contributed by atoms with Gasteiger partial charge in [-0.15, -0.1) is 0 Å². The van der Waals surface area contributed by atoms with Gasteiger partial charge < -0.3 is 16.3 Å². The van der Waals surface area contributed by atoms with Crippen molar-refractivity contribution < 1.29 is 5.21 Å². The van der Waals surface area contributed by atoms with E-state index in [1.54, 1.807) is 0 Å². The molecule has 21 heavy (non-hydrogen) atoms. The van der Waals surface area contributed by atoms with Gasteiger partial charge in [0, 0.05) is 18.2 Å². The molecule has 4 N–H and O–H groups in total. The van der Waals surface area contributed by atoms with E-state index >= 15 is 0 Å². The summed E-state index contributed by atoms with van der Waals surface area (Å²) >= 11 is 0. The van der Waals surface area contributed by atoms with Crippen molar-refractivity contribution in [3.05, 3.63) is 70.8 Å². The Morgan fingerprint density at radius 2 is 1.95 bits per heavy atom. The molecule has 0 saturated heterocycles. The first-order valence-corrected chi connectivity index (χ1v) is 7.16. The van der Waals surface area contributed by atoms with Crippen LogP contribution in [-0.4, -0.2) is 11.0 Å². The van der Waals surface area contributed by atoms with E-state index in [0.717, 1.165) is 24.0 Å². The van der Waals surface area contributed by atoms with Crippen LogP contribution in [0.4, 0.5) is 0 Å². The highest BCUT2D eigenvalue weighted by molar-refractivity contribution is 5.98. The lowest BCUT2D eigenvalue weighted by Crippen LogP contribution is -2.22. The topological polar surface area (TPSA) is 70.6 Å². The number of nitrogens with one attached hydrogen (secondary N) is 1. The van der Waals surface area contributed by atoms with Crippen LogP contribution in [0.25, 0.3) is 0 Å². The standard InChI is InChI=1S/C17H19N3O/c18-17(20-21)15-8-4-2-6-13(15)11-19-16-10-9-12-5-1-3-7-14(12)16/h1-8,16,19,21H,9-11H2,(H2,18,20). The van der Waals surface area contributed by atoms with E-state index in [9.17, 15) is 0 Å². The molecule has 0 aromatic heterocycles. The quantitative estimate of drug-likeness (QED) is 0.349. The van der Waals surface area contributed by atoms with E-state index in [4.69, 9.17) is 10.9 Å². The number of aryl methyl sites for hydroxylation is 1. The van der Waals surface area contributed by atoms with Gasteiger partial charge in [0.25, 0.3) is 0 Å². The highest BCUT2D eigenvalue weighted by Gasteiger charge is 2.21. The molecule has 1 aliphatic rings. The molecule has 0 amide bonds. The van der Waals surface area contributed by atoms with Gasteiger partial charge in [0.2, 0.25) is 0 Å². The fraction of sp³-hybridized carbons (Fsp3) is 0.235. The summed E-state index contributed by atoms with van der Waals surface area (Å²) in [6.07, 6.45) is 2.24. The molecule has 0 spiro atoms. The summed E-state index contributed by atoms with van der Waals surface area (Å²) in [6, 6.07) is 16.7. The fourth-order valence-electron chi connectivity index (χ4n) is 2.98. The van der Waals surface area contributed by atoms with Gasteiger partial charge in [-0.3, -0.25) is 0 Å². The van der Waals surface area contributed by atoms with Crippen LogP contribution in [0.15, 0.2) is 53.7 Å². The largest absolute Gasteiger partial charge is 0.409 e. The lowest BCUT2D eigenvalue weighted by Gasteiger charge is -2.15. The second-order valence-electron chi connectivity index (χ2n) is 5.31. The Kier molecular flexibility index (Phi) is 3.88. The molecule has 108 valence electrons. The Balaban J connectivity index is 1.75. The summed E-state index contributed by atoms with van der Waals surface area (Å²) in [7, 11) is 0. The molecule has 0 fully saturated rings. The van der Waals surface area contributed by atoms with Crippen LogP contribution in [0.3, 0.4) is 0 Å². The summed E-state index contributed by atoms with van der Waals surface area (Å²) in [6.45, 7) is 0.700. The number of hydrogen-bond donors (Lipinski definition) is 3. The van der Waals surface area contributed by atoms with Gasteiger partial charge in [-0.05, 0) is 29.5 Å². The van der Waals surface area contributed by atoms with Gasteiger partial charge in [-0.25, -0.2) is 0 Å². The van der Waals surface area contributed by atoms with Gasteiger partial charge in [0.1, 0.15) is 0 Å². The average Bonchev–Trinajstić information content (AvgIpc) is 2.96. The molecule has 4 heteroatoms. The maximum Gasteiger partial charge on any atom is 0.170 e. The summed E-state index contributed by atoms with van der Waals surface area (Å²) in [5.41, 5.74) is 10.4. The van der Waals surface area contributed by atoms with Crippen molar-refractivity contribution in [3.8, 4) is 0 Å². The van der Waals surface area contributed by atoms with Crippen LogP contribution in [0.2, 0.25) is 0 Å². The molecule has 2 aromatic carbocycles. The predicted molar refractivity (Wildman–Crippen MR) is 83.3 cm³/mol. The zero-order chi connectivity index (χ0) is 14.7. The molecule has 0 bridgehead atoms. The number of nitrogens with zero attached hydrogens (tertiary/aromatic N) is 1. The molecular weight excluding hydrogens is 262 g/mol. The Hall–Kier alpha value is -2.33. The third-order valence-corrected chi connectivity index (χ3v) is 4.07. The SMILES string of the molecule is NC(=NO)c1ccccc1CNC1CCc2ccccc21. The first kappa shape index (κ1) is 13.6. The molecule has 1 atom stereocenters. The van der Waals surface area contributed by atoms with E-state index in [-0.39, 0.29) is 5.84 Å². The molecule has 2 aromatic rings. The second kappa shape index (κ2) is 5.97. The van der Waals surface area contributed by atoms with Gasteiger partial charge in [0.05, 0.1) is 0 Å². The Labute approximate surface area is 124 Å². The summed E-state index contributed by atoms with van der Waals surface area (Å²) in [5.74, 6) is 0.152. The first-order valence-electron chi connectivity index (χ1n) is 7.16. The number of hydrogen-bond acceptors (Lipinski definition) is 3. The van der Waals surface area contributed by atoms with Crippen molar-refractivity contribution in [2.24, 2.45) is 10.9 Å². The number of benzene rings is 2. The Morgan fingerprint density at radius 1 is 1.19 bits per heavy atom. The fourth-order valence-corrected chi connectivity index (χ4v) is 2.98. The molecular formula is C17H19N3O. The van der Waals surface area contributed by atoms with Crippen LogP contribution in [0.5, 0.6) is 0 Å². The highest BCUT2D eigenvalue weighted by atomic mass is 16.4. The van der Waals surface area contributed by atoms with E-state index in [1.165, 1.54) is 11.1 Å². The number of amidine groups is 1. The lowest BCUT2D eigenvalue weighted by atomic mass is 10.0. The smallest absolute Gasteiger partial charge is 0.170 e.